The van der Waals surface area contributed by atoms with E-state index in [1.54, 1.807) is 6.08 Å². The highest BCUT2D eigenvalue weighted by molar-refractivity contribution is 14.1. The van der Waals surface area contributed by atoms with Crippen LogP contribution >= 0.6 is 34.8 Å². The van der Waals surface area contributed by atoms with Crippen LogP contribution in [0.1, 0.15) is 5.56 Å². The minimum absolute atomic E-state index is 0.0901. The third-order valence-electron chi connectivity index (χ3n) is 2.49. The van der Waals surface area contributed by atoms with Crippen LogP contribution in [0, 0.1) is 3.57 Å². The maximum absolute atomic E-state index is 11.9. The first kappa shape index (κ1) is 13.2. The summed E-state index contributed by atoms with van der Waals surface area (Å²) in [5.41, 5.74) is 0.891. The van der Waals surface area contributed by atoms with Crippen molar-refractivity contribution in [1.29, 1.82) is 0 Å². The molecule has 0 aromatic heterocycles. The number of benzene rings is 1. The lowest BCUT2D eigenvalue weighted by Gasteiger charge is -2.24. The van der Waals surface area contributed by atoms with Gasteiger partial charge in [-0.1, -0.05) is 12.1 Å². The Kier molecular flexibility index (Phi) is 3.76. The van der Waals surface area contributed by atoms with E-state index in [9.17, 15) is 9.59 Å². The standard InChI is InChI=1S/C12H9IN2O2S/c1-15-11(17)9(10(16)14-12(15)18)6-7-2-4-8(13)5-3-7/h2-6H,1H3,(H,14,16,18)/b9-6+. The second-order valence-electron chi connectivity index (χ2n) is 3.73. The van der Waals surface area contributed by atoms with E-state index in [2.05, 4.69) is 27.9 Å². The van der Waals surface area contributed by atoms with E-state index in [0.717, 1.165) is 9.13 Å². The van der Waals surface area contributed by atoms with Gasteiger partial charge in [-0.15, -0.1) is 0 Å². The zero-order chi connectivity index (χ0) is 13.3. The Morgan fingerprint density at radius 3 is 2.50 bits per heavy atom. The molecular formula is C12H9IN2O2S. The number of carbonyl (C=O) groups is 2. The summed E-state index contributed by atoms with van der Waals surface area (Å²) in [5, 5.41) is 2.60. The minimum atomic E-state index is -0.457. The first-order chi connectivity index (χ1) is 8.49. The number of halogens is 1. The van der Waals surface area contributed by atoms with Crippen molar-refractivity contribution >= 4 is 57.8 Å². The third kappa shape index (κ3) is 2.59. The molecule has 1 aromatic carbocycles. The molecular weight excluding hydrogens is 363 g/mol. The Balaban J connectivity index is 2.37. The maximum Gasteiger partial charge on any atom is 0.265 e. The van der Waals surface area contributed by atoms with Crippen LogP contribution in [0.15, 0.2) is 29.8 Å². The van der Waals surface area contributed by atoms with Gasteiger partial charge in [0.2, 0.25) is 0 Å². The molecule has 0 bridgehead atoms. The molecule has 4 nitrogen and oxygen atoms in total. The van der Waals surface area contributed by atoms with Crippen molar-refractivity contribution < 1.29 is 9.59 Å². The Morgan fingerprint density at radius 1 is 1.28 bits per heavy atom. The number of nitrogens with zero attached hydrogens (tertiary/aromatic N) is 1. The fourth-order valence-corrected chi connectivity index (χ4v) is 2.01. The monoisotopic (exact) mass is 372 g/mol. The van der Waals surface area contributed by atoms with Gasteiger partial charge in [-0.2, -0.15) is 0 Å². The van der Waals surface area contributed by atoms with Gasteiger partial charge in [-0.25, -0.2) is 0 Å². The summed E-state index contributed by atoms with van der Waals surface area (Å²) >= 11 is 7.05. The van der Waals surface area contributed by atoms with E-state index < -0.39 is 5.91 Å². The number of carbonyl (C=O) groups excluding carboxylic acids is 2. The van der Waals surface area contributed by atoms with Gasteiger partial charge in [0.1, 0.15) is 5.57 Å². The number of rotatable bonds is 1. The van der Waals surface area contributed by atoms with Gasteiger partial charge in [0, 0.05) is 10.6 Å². The Bertz CT molecular complexity index is 566. The highest BCUT2D eigenvalue weighted by atomic mass is 127. The van der Waals surface area contributed by atoms with Crippen LogP contribution in [-0.2, 0) is 9.59 Å². The molecule has 18 heavy (non-hydrogen) atoms. The molecule has 1 aliphatic heterocycles. The van der Waals surface area contributed by atoms with Crippen LogP contribution in [0.2, 0.25) is 0 Å². The van der Waals surface area contributed by atoms with Crippen LogP contribution in [0.4, 0.5) is 0 Å². The van der Waals surface area contributed by atoms with E-state index >= 15 is 0 Å². The molecule has 2 rings (SSSR count). The maximum atomic E-state index is 11.9. The molecule has 1 N–H and O–H groups in total. The van der Waals surface area contributed by atoms with Crippen LogP contribution < -0.4 is 5.32 Å². The van der Waals surface area contributed by atoms with Gasteiger partial charge < -0.3 is 0 Å². The lowest BCUT2D eigenvalue weighted by atomic mass is 10.1. The number of likely N-dealkylation sites (N-methyl/N-ethyl adjacent to an activating group) is 1. The van der Waals surface area contributed by atoms with Gasteiger partial charge in [-0.3, -0.25) is 19.8 Å². The molecule has 1 heterocycles. The summed E-state index contributed by atoms with van der Waals surface area (Å²) in [4.78, 5) is 24.9. The number of hydrogen-bond donors (Lipinski definition) is 1. The molecule has 92 valence electrons. The molecule has 1 saturated heterocycles. The second-order valence-corrected chi connectivity index (χ2v) is 5.37. The van der Waals surface area contributed by atoms with Crippen molar-refractivity contribution in [2.45, 2.75) is 0 Å². The minimum Gasteiger partial charge on any atom is -0.298 e. The fraction of sp³-hybridized carbons (Fsp3) is 0.0833. The van der Waals surface area contributed by atoms with Crippen LogP contribution in [-0.4, -0.2) is 28.9 Å². The van der Waals surface area contributed by atoms with E-state index in [1.807, 2.05) is 24.3 Å². The molecule has 0 atom stereocenters. The lowest BCUT2D eigenvalue weighted by molar-refractivity contribution is -0.128. The van der Waals surface area contributed by atoms with E-state index in [-0.39, 0.29) is 16.6 Å². The number of hydrogen-bond acceptors (Lipinski definition) is 3. The van der Waals surface area contributed by atoms with Crippen molar-refractivity contribution in [1.82, 2.24) is 10.2 Å². The van der Waals surface area contributed by atoms with Gasteiger partial charge in [0.15, 0.2) is 5.11 Å². The highest BCUT2D eigenvalue weighted by Gasteiger charge is 2.30. The molecule has 0 spiro atoms. The SMILES string of the molecule is CN1C(=O)/C(=C/c2ccc(I)cc2)C(=O)NC1=S. The molecule has 1 aromatic rings. The van der Waals surface area contributed by atoms with Crippen molar-refractivity contribution in [2.24, 2.45) is 0 Å². The van der Waals surface area contributed by atoms with Gasteiger partial charge in [-0.05, 0) is 58.6 Å². The molecule has 6 heteroatoms. The van der Waals surface area contributed by atoms with E-state index in [4.69, 9.17) is 12.2 Å². The van der Waals surface area contributed by atoms with E-state index in [0.29, 0.717) is 0 Å². The van der Waals surface area contributed by atoms with Gasteiger partial charge >= 0.3 is 0 Å². The Labute approximate surface area is 123 Å². The number of thiocarbonyl (C=S) groups is 1. The van der Waals surface area contributed by atoms with Gasteiger partial charge in [0.25, 0.3) is 11.8 Å². The van der Waals surface area contributed by atoms with Crippen molar-refractivity contribution in [3.05, 3.63) is 39.0 Å². The topological polar surface area (TPSA) is 49.4 Å². The summed E-state index contributed by atoms with van der Waals surface area (Å²) in [7, 11) is 1.53. The average molecular weight is 372 g/mol. The molecule has 0 aliphatic carbocycles. The largest absolute Gasteiger partial charge is 0.298 e. The Morgan fingerprint density at radius 2 is 1.89 bits per heavy atom. The third-order valence-corrected chi connectivity index (χ3v) is 3.58. The molecule has 1 aliphatic rings. The van der Waals surface area contributed by atoms with Crippen LogP contribution in [0.5, 0.6) is 0 Å². The average Bonchev–Trinajstić information content (AvgIpc) is 2.34. The van der Waals surface area contributed by atoms with Crippen molar-refractivity contribution in [2.75, 3.05) is 7.05 Å². The molecule has 0 unspecified atom stereocenters. The number of amides is 2. The lowest BCUT2D eigenvalue weighted by Crippen LogP contribution is -2.52. The molecule has 0 saturated carbocycles. The van der Waals surface area contributed by atoms with E-state index in [1.165, 1.54) is 11.9 Å². The van der Waals surface area contributed by atoms with Gasteiger partial charge in [0.05, 0.1) is 0 Å². The first-order valence-corrected chi connectivity index (χ1v) is 6.58. The van der Waals surface area contributed by atoms with Crippen LogP contribution in [0.25, 0.3) is 6.08 Å². The molecule has 2 amide bonds. The smallest absolute Gasteiger partial charge is 0.265 e. The quantitative estimate of drug-likeness (QED) is 0.352. The molecule has 1 fully saturated rings. The predicted octanol–water partition coefficient (Wildman–Crippen LogP) is 1.55. The first-order valence-electron chi connectivity index (χ1n) is 5.09. The fourth-order valence-electron chi connectivity index (χ4n) is 1.47. The number of nitrogens with one attached hydrogen (secondary N) is 1. The van der Waals surface area contributed by atoms with Crippen LogP contribution in [0.3, 0.4) is 0 Å². The van der Waals surface area contributed by atoms with Crippen molar-refractivity contribution in [3.63, 3.8) is 0 Å². The summed E-state index contributed by atoms with van der Waals surface area (Å²) in [5.74, 6) is -0.844. The molecule has 0 radical (unpaired) electrons. The summed E-state index contributed by atoms with van der Waals surface area (Å²) in [6, 6.07) is 7.52. The summed E-state index contributed by atoms with van der Waals surface area (Å²) in [6.45, 7) is 0. The summed E-state index contributed by atoms with van der Waals surface area (Å²) < 4.78 is 1.09. The highest BCUT2D eigenvalue weighted by Crippen LogP contribution is 2.14. The summed E-state index contributed by atoms with van der Waals surface area (Å²) in [6.07, 6.45) is 1.56. The zero-order valence-corrected chi connectivity index (χ0v) is 12.4. The second kappa shape index (κ2) is 5.15. The van der Waals surface area contributed by atoms with Crippen molar-refractivity contribution in [3.8, 4) is 0 Å². The zero-order valence-electron chi connectivity index (χ0n) is 9.44. The normalized spacial score (nSPS) is 18.2. The Hall–Kier alpha value is -1.28. The predicted molar refractivity (Wildman–Crippen MR) is 80.6 cm³/mol.